The van der Waals surface area contributed by atoms with Crippen LogP contribution in [0.2, 0.25) is 0 Å². The molecule has 1 N–H and O–H groups in total. The van der Waals surface area contributed by atoms with Crippen molar-refractivity contribution in [3.8, 4) is 5.75 Å². The number of hydrogen-bond acceptors (Lipinski definition) is 7. The van der Waals surface area contributed by atoms with Gasteiger partial charge in [-0.2, -0.15) is 13.5 Å². The summed E-state index contributed by atoms with van der Waals surface area (Å²) in [6, 6.07) is 11.2. The number of amidine groups is 1. The van der Waals surface area contributed by atoms with E-state index in [1.54, 1.807) is 24.3 Å². The lowest BCUT2D eigenvalue weighted by Crippen LogP contribution is -2.24. The predicted molar refractivity (Wildman–Crippen MR) is 121 cm³/mol. The molecule has 1 aliphatic rings. The van der Waals surface area contributed by atoms with E-state index in [9.17, 15) is 13.2 Å². The van der Waals surface area contributed by atoms with Gasteiger partial charge in [-0.25, -0.2) is 0 Å². The van der Waals surface area contributed by atoms with Crippen LogP contribution >= 0.6 is 43.6 Å². The Balaban J connectivity index is 1.74. The Hall–Kier alpha value is -1.69. The van der Waals surface area contributed by atoms with Crippen molar-refractivity contribution in [3.63, 3.8) is 0 Å². The smallest absolute Gasteiger partial charge is 0.340 e. The van der Waals surface area contributed by atoms with Gasteiger partial charge in [0, 0.05) is 8.95 Å². The van der Waals surface area contributed by atoms with Crippen molar-refractivity contribution in [3.05, 3.63) is 57.0 Å². The summed E-state index contributed by atoms with van der Waals surface area (Å²) < 4.78 is 31.4. The molecule has 0 bridgehead atoms. The molecule has 0 aliphatic carbocycles. The van der Waals surface area contributed by atoms with E-state index in [4.69, 9.17) is 4.18 Å². The molecule has 29 heavy (non-hydrogen) atoms. The molecule has 1 aliphatic heterocycles. The maximum Gasteiger partial charge on any atom is 0.340 e. The number of hydrogen-bond donors (Lipinski definition) is 1. The van der Waals surface area contributed by atoms with Gasteiger partial charge in [-0.15, -0.1) is 5.10 Å². The topological polar surface area (TPSA) is 97.2 Å². The van der Waals surface area contributed by atoms with Gasteiger partial charge < -0.3 is 9.50 Å². The van der Waals surface area contributed by atoms with Crippen LogP contribution in [0.25, 0.3) is 0 Å². The van der Waals surface area contributed by atoms with E-state index >= 15 is 0 Å². The number of halogens is 2. The second kappa shape index (κ2) is 9.41. The summed E-state index contributed by atoms with van der Waals surface area (Å²) in [5.74, 6) is 0.0637. The van der Waals surface area contributed by atoms with Gasteiger partial charge in [0.15, 0.2) is 5.17 Å². The molecule has 0 aromatic heterocycles. The third kappa shape index (κ3) is 5.68. The first-order valence-electron chi connectivity index (χ1n) is 8.36. The fourth-order valence-electron chi connectivity index (χ4n) is 2.36. The van der Waals surface area contributed by atoms with Crippen LogP contribution in [0.15, 0.2) is 66.5 Å². The molecule has 0 spiro atoms. The fraction of sp³-hybridized carbons (Fsp3) is 0.167. The maximum atomic E-state index is 12.6. The number of nitrogens with one attached hydrogen (secondary N) is 1. The van der Waals surface area contributed by atoms with Gasteiger partial charge in [-0.05, 0) is 58.2 Å². The monoisotopic (exact) mass is 559 g/mol. The Morgan fingerprint density at radius 3 is 2.76 bits per heavy atom. The van der Waals surface area contributed by atoms with E-state index in [2.05, 4.69) is 47.4 Å². The van der Waals surface area contributed by atoms with Gasteiger partial charge in [0.05, 0.1) is 11.5 Å². The molecule has 1 amide bonds. The van der Waals surface area contributed by atoms with Gasteiger partial charge in [0.1, 0.15) is 10.6 Å². The van der Waals surface area contributed by atoms with E-state index in [1.807, 2.05) is 6.92 Å². The number of nitrogens with zero attached hydrogens (tertiary/aromatic N) is 2. The summed E-state index contributed by atoms with van der Waals surface area (Å²) in [5.41, 5.74) is 0.594. The predicted octanol–water partition coefficient (Wildman–Crippen LogP) is 4.31. The molecule has 1 saturated heterocycles. The van der Waals surface area contributed by atoms with Crippen LogP contribution in [0.5, 0.6) is 5.75 Å². The number of benzene rings is 2. The Morgan fingerprint density at radius 1 is 1.24 bits per heavy atom. The van der Waals surface area contributed by atoms with E-state index in [1.165, 1.54) is 36.2 Å². The lowest BCUT2D eigenvalue weighted by Gasteiger charge is -2.09. The molecule has 152 valence electrons. The van der Waals surface area contributed by atoms with Crippen molar-refractivity contribution in [2.45, 2.75) is 23.5 Å². The van der Waals surface area contributed by atoms with Crippen molar-refractivity contribution >= 4 is 71.0 Å². The van der Waals surface area contributed by atoms with Gasteiger partial charge in [0.25, 0.3) is 0 Å². The van der Waals surface area contributed by atoms with Crippen molar-refractivity contribution in [2.75, 3.05) is 0 Å². The molecule has 3 rings (SSSR count). The maximum absolute atomic E-state index is 12.6. The lowest BCUT2D eigenvalue weighted by atomic mass is 10.2. The normalized spacial score (nSPS) is 18.4. The quantitative estimate of drug-likeness (QED) is 0.322. The minimum absolute atomic E-state index is 0.0109. The Kier molecular flexibility index (Phi) is 7.14. The molecule has 7 nitrogen and oxygen atoms in total. The molecular weight excluding hydrogens is 546 g/mol. The number of rotatable bonds is 6. The third-order valence-electron chi connectivity index (χ3n) is 3.73. The van der Waals surface area contributed by atoms with Gasteiger partial charge >= 0.3 is 10.1 Å². The van der Waals surface area contributed by atoms with Crippen LogP contribution in [-0.4, -0.2) is 31.0 Å². The average Bonchev–Trinajstić information content (AvgIpc) is 3.03. The molecule has 11 heteroatoms. The van der Waals surface area contributed by atoms with Gasteiger partial charge in [0.2, 0.25) is 5.91 Å². The Morgan fingerprint density at radius 2 is 2.03 bits per heavy atom. The highest BCUT2D eigenvalue weighted by molar-refractivity contribution is 9.11. The first-order chi connectivity index (χ1) is 13.8. The first-order valence-corrected chi connectivity index (χ1v) is 12.2. The minimum Gasteiger partial charge on any atom is -0.379 e. The summed E-state index contributed by atoms with van der Waals surface area (Å²) in [6.45, 7) is 1.93. The highest BCUT2D eigenvalue weighted by atomic mass is 79.9. The van der Waals surface area contributed by atoms with Crippen molar-refractivity contribution in [2.24, 2.45) is 10.2 Å². The zero-order chi connectivity index (χ0) is 21.0. The fourth-order valence-corrected chi connectivity index (χ4v) is 5.59. The standard InChI is InChI=1S/C18H15Br2N3O4S2/c1-2-15-17(24)22-18(28-15)23-21-10-11-4-3-5-13(8-11)27-29(25,26)16-9-12(19)6-7-14(16)20/h3-10,15H,2H2,1H3,(H,22,23,24). The van der Waals surface area contributed by atoms with E-state index in [0.29, 0.717) is 26.1 Å². The third-order valence-corrected chi connectivity index (χ3v) is 7.70. The summed E-state index contributed by atoms with van der Waals surface area (Å²) in [7, 11) is -4.03. The Labute approximate surface area is 189 Å². The van der Waals surface area contributed by atoms with E-state index in [0.717, 1.165) is 0 Å². The molecule has 1 unspecified atom stereocenters. The molecule has 1 heterocycles. The molecular formula is C18H15Br2N3O4S2. The van der Waals surface area contributed by atoms with Crippen LogP contribution in [0.1, 0.15) is 18.9 Å². The number of carbonyl (C=O) groups excluding carboxylic acids is 1. The van der Waals surface area contributed by atoms with Crippen LogP contribution in [-0.2, 0) is 14.9 Å². The van der Waals surface area contributed by atoms with Crippen LogP contribution in [0.4, 0.5) is 0 Å². The summed E-state index contributed by atoms with van der Waals surface area (Å²) in [6.07, 6.45) is 2.16. The molecule has 2 aromatic carbocycles. The zero-order valence-corrected chi connectivity index (χ0v) is 19.8. The van der Waals surface area contributed by atoms with Crippen molar-refractivity contribution in [1.82, 2.24) is 5.32 Å². The molecule has 0 radical (unpaired) electrons. The summed E-state index contributed by atoms with van der Waals surface area (Å²) in [5, 5.41) is 10.9. The van der Waals surface area contributed by atoms with E-state index in [-0.39, 0.29) is 21.8 Å². The van der Waals surface area contributed by atoms with Crippen molar-refractivity contribution in [1.29, 1.82) is 0 Å². The number of carbonyl (C=O) groups is 1. The number of thioether (sulfide) groups is 1. The summed E-state index contributed by atoms with van der Waals surface area (Å²) in [4.78, 5) is 11.7. The second-order valence-electron chi connectivity index (χ2n) is 5.84. The van der Waals surface area contributed by atoms with Crippen molar-refractivity contribution < 1.29 is 17.4 Å². The molecule has 1 atom stereocenters. The largest absolute Gasteiger partial charge is 0.379 e. The molecule has 1 fully saturated rings. The highest BCUT2D eigenvalue weighted by Gasteiger charge is 2.28. The molecule has 2 aromatic rings. The van der Waals surface area contributed by atoms with Crippen LogP contribution in [0, 0.1) is 0 Å². The minimum atomic E-state index is -4.03. The summed E-state index contributed by atoms with van der Waals surface area (Å²) >= 11 is 7.81. The van der Waals surface area contributed by atoms with Gasteiger partial charge in [-0.1, -0.05) is 46.7 Å². The van der Waals surface area contributed by atoms with Crippen LogP contribution in [0.3, 0.4) is 0 Å². The van der Waals surface area contributed by atoms with E-state index < -0.39 is 10.1 Å². The SMILES string of the molecule is CCC1S/C(=N/N=Cc2cccc(OS(=O)(=O)c3cc(Br)ccc3Br)c2)NC1=O. The highest BCUT2D eigenvalue weighted by Crippen LogP contribution is 2.28. The second-order valence-corrected chi connectivity index (χ2v) is 10.3. The average molecular weight is 561 g/mol. The molecule has 0 saturated carbocycles. The van der Waals surface area contributed by atoms with Gasteiger partial charge in [-0.3, -0.25) is 4.79 Å². The zero-order valence-electron chi connectivity index (χ0n) is 15.0. The lowest BCUT2D eigenvalue weighted by molar-refractivity contribution is -0.118. The number of amides is 1. The first kappa shape index (κ1) is 22.0. The van der Waals surface area contributed by atoms with Crippen LogP contribution < -0.4 is 9.50 Å². The Bertz CT molecular complexity index is 1100.